The van der Waals surface area contributed by atoms with Gasteiger partial charge in [-0.3, -0.25) is 0 Å². The van der Waals surface area contributed by atoms with Gasteiger partial charge in [0.05, 0.1) is 22.7 Å². The van der Waals surface area contributed by atoms with E-state index in [2.05, 4.69) is 9.71 Å². The predicted molar refractivity (Wildman–Crippen MR) is 78.6 cm³/mol. The summed E-state index contributed by atoms with van der Waals surface area (Å²) in [4.78, 5) is 5.39. The maximum absolute atomic E-state index is 12.2. The van der Waals surface area contributed by atoms with Crippen LogP contribution in [0.4, 0.5) is 0 Å². The second kappa shape index (κ2) is 5.90. The number of aryl methyl sites for hydroxylation is 2. The second-order valence-electron chi connectivity index (χ2n) is 4.25. The van der Waals surface area contributed by atoms with Crippen molar-refractivity contribution >= 4 is 21.4 Å². The lowest BCUT2D eigenvalue weighted by atomic mass is 10.3. The maximum Gasteiger partial charge on any atom is 0.241 e. The summed E-state index contributed by atoms with van der Waals surface area (Å²) in [5, 5.41) is 0.929. The summed E-state index contributed by atoms with van der Waals surface area (Å²) in [6.45, 7) is 4.02. The number of benzene rings is 1. The minimum atomic E-state index is -3.55. The van der Waals surface area contributed by atoms with Crippen LogP contribution in [-0.4, -0.2) is 20.5 Å². The Labute approximate surface area is 122 Å². The van der Waals surface area contributed by atoms with Crippen LogP contribution in [0.2, 0.25) is 0 Å². The first-order valence-corrected chi connectivity index (χ1v) is 8.29. The second-order valence-corrected chi connectivity index (χ2v) is 7.30. The molecule has 1 N–H and O–H groups in total. The molecule has 0 unspecified atom stereocenters. The number of nitrogens with zero attached hydrogens (tertiary/aromatic N) is 1. The van der Waals surface area contributed by atoms with Gasteiger partial charge >= 0.3 is 0 Å². The van der Waals surface area contributed by atoms with Gasteiger partial charge in [0.2, 0.25) is 10.0 Å². The lowest BCUT2D eigenvalue weighted by molar-refractivity contribution is 0.413. The number of hydrogen-bond donors (Lipinski definition) is 1. The molecule has 0 atom stereocenters. The lowest BCUT2D eigenvalue weighted by Crippen LogP contribution is -2.23. The quantitative estimate of drug-likeness (QED) is 0.919. The molecule has 0 saturated carbocycles. The highest BCUT2D eigenvalue weighted by Crippen LogP contribution is 2.20. The van der Waals surface area contributed by atoms with Crippen LogP contribution in [0.3, 0.4) is 0 Å². The molecule has 0 aliphatic carbocycles. The van der Waals surface area contributed by atoms with Gasteiger partial charge in [-0.25, -0.2) is 18.1 Å². The summed E-state index contributed by atoms with van der Waals surface area (Å²) in [5.74, 6) is 0.512. The van der Waals surface area contributed by atoms with Crippen molar-refractivity contribution in [2.75, 3.05) is 7.11 Å². The van der Waals surface area contributed by atoms with Crippen molar-refractivity contribution in [2.24, 2.45) is 0 Å². The van der Waals surface area contributed by atoms with Crippen LogP contribution in [0.25, 0.3) is 0 Å². The Morgan fingerprint density at radius 2 is 2.10 bits per heavy atom. The summed E-state index contributed by atoms with van der Waals surface area (Å²) in [7, 11) is -2.05. The van der Waals surface area contributed by atoms with Crippen LogP contribution in [-0.2, 0) is 16.6 Å². The highest BCUT2D eigenvalue weighted by atomic mass is 32.2. The van der Waals surface area contributed by atoms with Crippen molar-refractivity contribution in [3.8, 4) is 5.75 Å². The summed E-state index contributed by atoms with van der Waals surface area (Å²) in [6, 6.07) is 6.38. The molecule has 5 nitrogen and oxygen atoms in total. The van der Waals surface area contributed by atoms with Gasteiger partial charge in [0, 0.05) is 17.5 Å². The lowest BCUT2D eigenvalue weighted by Gasteiger charge is -2.07. The maximum atomic E-state index is 12.2. The van der Waals surface area contributed by atoms with Gasteiger partial charge in [0.15, 0.2) is 0 Å². The zero-order chi connectivity index (χ0) is 14.8. The van der Waals surface area contributed by atoms with Crippen molar-refractivity contribution in [1.82, 2.24) is 9.71 Å². The molecule has 0 spiro atoms. The monoisotopic (exact) mass is 312 g/mol. The van der Waals surface area contributed by atoms with E-state index in [9.17, 15) is 8.42 Å². The molecule has 7 heteroatoms. The highest BCUT2D eigenvalue weighted by molar-refractivity contribution is 7.89. The molecule has 2 aromatic rings. The van der Waals surface area contributed by atoms with E-state index in [-0.39, 0.29) is 11.4 Å². The molecule has 1 heterocycles. The number of thiazole rings is 1. The normalized spacial score (nSPS) is 11.6. The summed E-state index contributed by atoms with van der Waals surface area (Å²) >= 11 is 1.50. The molecule has 20 heavy (non-hydrogen) atoms. The van der Waals surface area contributed by atoms with Crippen LogP contribution in [0, 0.1) is 13.8 Å². The number of sulfonamides is 1. The Hall–Kier alpha value is -1.44. The zero-order valence-electron chi connectivity index (χ0n) is 11.5. The Balaban J connectivity index is 2.17. The molecule has 1 aromatic heterocycles. The zero-order valence-corrected chi connectivity index (χ0v) is 13.1. The van der Waals surface area contributed by atoms with Crippen LogP contribution in [0.1, 0.15) is 15.6 Å². The fraction of sp³-hybridized carbons (Fsp3) is 0.308. The number of ether oxygens (including phenoxy) is 1. The number of aromatic nitrogens is 1. The number of nitrogens with one attached hydrogen (secondary N) is 1. The van der Waals surface area contributed by atoms with Crippen molar-refractivity contribution in [2.45, 2.75) is 25.3 Å². The molecule has 0 bridgehead atoms. The first-order valence-electron chi connectivity index (χ1n) is 5.99. The third-order valence-electron chi connectivity index (χ3n) is 2.77. The summed E-state index contributed by atoms with van der Waals surface area (Å²) in [5.41, 5.74) is 0.862. The molecule has 108 valence electrons. The van der Waals surface area contributed by atoms with Crippen LogP contribution >= 0.6 is 11.3 Å². The van der Waals surface area contributed by atoms with E-state index in [1.165, 1.54) is 30.6 Å². The SMILES string of the molecule is COc1cccc(S(=O)(=O)NCc2sc(C)nc2C)c1. The third kappa shape index (κ3) is 3.36. The number of hydrogen-bond acceptors (Lipinski definition) is 5. The fourth-order valence-corrected chi connectivity index (χ4v) is 3.75. The minimum Gasteiger partial charge on any atom is -0.497 e. The Bertz CT molecular complexity index is 708. The van der Waals surface area contributed by atoms with Crippen LogP contribution in [0.5, 0.6) is 5.75 Å². The average molecular weight is 312 g/mol. The Morgan fingerprint density at radius 1 is 1.35 bits per heavy atom. The van der Waals surface area contributed by atoms with E-state index in [1.807, 2.05) is 13.8 Å². The summed E-state index contributed by atoms with van der Waals surface area (Å²) in [6.07, 6.45) is 0. The number of methoxy groups -OCH3 is 1. The molecule has 1 aromatic carbocycles. The van der Waals surface area contributed by atoms with Crippen LogP contribution < -0.4 is 9.46 Å². The number of rotatable bonds is 5. The van der Waals surface area contributed by atoms with E-state index in [1.54, 1.807) is 12.1 Å². The van der Waals surface area contributed by atoms with Gasteiger partial charge in [0.25, 0.3) is 0 Å². The van der Waals surface area contributed by atoms with E-state index < -0.39 is 10.0 Å². The van der Waals surface area contributed by atoms with Gasteiger partial charge in [-0.05, 0) is 26.0 Å². The third-order valence-corrected chi connectivity index (χ3v) is 5.25. The molecule has 0 amide bonds. The van der Waals surface area contributed by atoms with Crippen molar-refractivity contribution in [1.29, 1.82) is 0 Å². The molecule has 0 saturated heterocycles. The van der Waals surface area contributed by atoms with Crippen molar-refractivity contribution in [3.05, 3.63) is 39.8 Å². The average Bonchev–Trinajstić information content (AvgIpc) is 2.75. The van der Waals surface area contributed by atoms with Gasteiger partial charge in [0.1, 0.15) is 5.75 Å². The Morgan fingerprint density at radius 3 is 2.70 bits per heavy atom. The van der Waals surface area contributed by atoms with Gasteiger partial charge < -0.3 is 4.74 Å². The predicted octanol–water partition coefficient (Wildman–Crippen LogP) is 2.25. The first kappa shape index (κ1) is 15.0. The van der Waals surface area contributed by atoms with Crippen LogP contribution in [0.15, 0.2) is 29.2 Å². The van der Waals surface area contributed by atoms with E-state index in [0.717, 1.165) is 15.6 Å². The van der Waals surface area contributed by atoms with Gasteiger partial charge in [-0.1, -0.05) is 6.07 Å². The van der Waals surface area contributed by atoms with E-state index in [0.29, 0.717) is 5.75 Å². The largest absolute Gasteiger partial charge is 0.497 e. The topological polar surface area (TPSA) is 68.3 Å². The molecule has 0 radical (unpaired) electrons. The Kier molecular flexibility index (Phi) is 4.42. The van der Waals surface area contributed by atoms with E-state index >= 15 is 0 Å². The smallest absolute Gasteiger partial charge is 0.241 e. The van der Waals surface area contributed by atoms with Gasteiger partial charge in [-0.15, -0.1) is 11.3 Å². The first-order chi connectivity index (χ1) is 9.42. The fourth-order valence-electron chi connectivity index (χ4n) is 1.75. The standard InChI is InChI=1S/C13H16N2O3S2/c1-9-13(19-10(2)15-9)8-14-20(16,17)12-6-4-5-11(7-12)18-3/h4-7,14H,8H2,1-3H3. The molecule has 0 aliphatic rings. The van der Waals surface area contributed by atoms with Gasteiger partial charge in [-0.2, -0.15) is 0 Å². The molecule has 2 rings (SSSR count). The minimum absolute atomic E-state index is 0.191. The summed E-state index contributed by atoms with van der Waals surface area (Å²) < 4.78 is 32.0. The molecular formula is C13H16N2O3S2. The molecular weight excluding hydrogens is 296 g/mol. The molecule has 0 aliphatic heterocycles. The molecule has 0 fully saturated rings. The van der Waals surface area contributed by atoms with Crippen molar-refractivity contribution in [3.63, 3.8) is 0 Å². The van der Waals surface area contributed by atoms with Crippen molar-refractivity contribution < 1.29 is 13.2 Å². The van der Waals surface area contributed by atoms with E-state index in [4.69, 9.17) is 4.74 Å². The highest BCUT2D eigenvalue weighted by Gasteiger charge is 2.16.